The lowest BCUT2D eigenvalue weighted by atomic mass is 10.2. The number of ether oxygens (including phenoxy) is 1. The number of pyridine rings is 1. The van der Waals surface area contributed by atoms with Crippen LogP contribution in [0.1, 0.15) is 10.5 Å². The average Bonchev–Trinajstić information content (AvgIpc) is 2.41. The standard InChI is InChI=1S/C13H10Cl2N2O2/c1-19-9-2-3-10(15)11(7-9)17-13(18)12-6-8(14)4-5-16-12/h2-7H,1H3,(H,17,18). The fourth-order valence-electron chi connectivity index (χ4n) is 1.44. The summed E-state index contributed by atoms with van der Waals surface area (Å²) in [5.41, 5.74) is 0.666. The normalized spacial score (nSPS) is 10.1. The fraction of sp³-hybridized carbons (Fsp3) is 0.0769. The Morgan fingerprint density at radius 3 is 2.74 bits per heavy atom. The molecule has 1 aromatic heterocycles. The van der Waals surface area contributed by atoms with Gasteiger partial charge in [-0.1, -0.05) is 23.2 Å². The minimum Gasteiger partial charge on any atom is -0.497 e. The third-order valence-electron chi connectivity index (χ3n) is 2.38. The average molecular weight is 297 g/mol. The molecule has 0 saturated heterocycles. The molecule has 1 aromatic carbocycles. The molecule has 1 heterocycles. The summed E-state index contributed by atoms with van der Waals surface area (Å²) < 4.78 is 5.07. The predicted molar refractivity (Wildman–Crippen MR) is 75.2 cm³/mol. The highest BCUT2D eigenvalue weighted by atomic mass is 35.5. The molecule has 6 heteroatoms. The minimum atomic E-state index is -0.391. The van der Waals surface area contributed by atoms with Crippen molar-refractivity contribution in [1.29, 1.82) is 0 Å². The SMILES string of the molecule is COc1ccc(Cl)c(NC(=O)c2cc(Cl)ccn2)c1. The van der Waals surface area contributed by atoms with Gasteiger partial charge >= 0.3 is 0 Å². The zero-order valence-corrected chi connectivity index (χ0v) is 11.5. The van der Waals surface area contributed by atoms with Gasteiger partial charge in [0.05, 0.1) is 17.8 Å². The Morgan fingerprint density at radius 1 is 1.26 bits per heavy atom. The Kier molecular flexibility index (Phi) is 4.24. The second kappa shape index (κ2) is 5.91. The Bertz CT molecular complexity index is 617. The second-order valence-corrected chi connectivity index (χ2v) is 4.50. The van der Waals surface area contributed by atoms with E-state index in [1.54, 1.807) is 24.3 Å². The van der Waals surface area contributed by atoms with E-state index >= 15 is 0 Å². The first-order valence-corrected chi connectivity index (χ1v) is 6.12. The van der Waals surface area contributed by atoms with Crippen LogP contribution < -0.4 is 10.1 Å². The Hall–Kier alpha value is -1.78. The molecule has 2 aromatic rings. The van der Waals surface area contributed by atoms with E-state index in [1.165, 1.54) is 19.4 Å². The van der Waals surface area contributed by atoms with Crippen molar-refractivity contribution in [1.82, 2.24) is 4.98 Å². The molecule has 1 N–H and O–H groups in total. The lowest BCUT2D eigenvalue weighted by molar-refractivity contribution is 0.102. The van der Waals surface area contributed by atoms with Crippen molar-refractivity contribution >= 4 is 34.8 Å². The topological polar surface area (TPSA) is 51.2 Å². The van der Waals surface area contributed by atoms with Crippen molar-refractivity contribution in [3.8, 4) is 5.75 Å². The van der Waals surface area contributed by atoms with Crippen molar-refractivity contribution in [3.05, 3.63) is 52.3 Å². The summed E-state index contributed by atoms with van der Waals surface area (Å²) in [6.45, 7) is 0. The molecule has 0 aliphatic heterocycles. The molecule has 0 aliphatic carbocycles. The van der Waals surface area contributed by atoms with Gasteiger partial charge in [-0.2, -0.15) is 0 Å². The molecule has 0 bridgehead atoms. The van der Waals surface area contributed by atoms with Gasteiger partial charge in [-0.25, -0.2) is 0 Å². The molecule has 0 atom stereocenters. The number of nitrogens with one attached hydrogen (secondary N) is 1. The summed E-state index contributed by atoms with van der Waals surface area (Å²) in [5.74, 6) is 0.205. The van der Waals surface area contributed by atoms with Crippen molar-refractivity contribution in [2.75, 3.05) is 12.4 Å². The molecule has 0 unspecified atom stereocenters. The molecule has 0 aliphatic rings. The monoisotopic (exact) mass is 296 g/mol. The molecular formula is C13H10Cl2N2O2. The number of nitrogens with zero attached hydrogens (tertiary/aromatic N) is 1. The number of carbonyl (C=O) groups excluding carboxylic acids is 1. The maximum absolute atomic E-state index is 12.0. The third-order valence-corrected chi connectivity index (χ3v) is 2.94. The quantitative estimate of drug-likeness (QED) is 0.940. The summed E-state index contributed by atoms with van der Waals surface area (Å²) in [6.07, 6.45) is 1.46. The highest BCUT2D eigenvalue weighted by Gasteiger charge is 2.11. The summed E-state index contributed by atoms with van der Waals surface area (Å²) in [4.78, 5) is 15.9. The maximum atomic E-state index is 12.0. The number of amides is 1. The summed E-state index contributed by atoms with van der Waals surface area (Å²) in [6, 6.07) is 8.05. The number of aromatic nitrogens is 1. The van der Waals surface area contributed by atoms with Crippen LogP contribution in [0.15, 0.2) is 36.5 Å². The van der Waals surface area contributed by atoms with Gasteiger partial charge in [0.15, 0.2) is 0 Å². The van der Waals surface area contributed by atoms with Gasteiger partial charge in [0.25, 0.3) is 5.91 Å². The molecule has 98 valence electrons. The molecular weight excluding hydrogens is 287 g/mol. The van der Waals surface area contributed by atoms with Crippen LogP contribution in [0.4, 0.5) is 5.69 Å². The lowest BCUT2D eigenvalue weighted by Crippen LogP contribution is -2.13. The van der Waals surface area contributed by atoms with Crippen LogP contribution in [0.5, 0.6) is 5.75 Å². The van der Waals surface area contributed by atoms with Gasteiger partial charge in [-0.3, -0.25) is 9.78 Å². The Labute approximate surface area is 120 Å². The van der Waals surface area contributed by atoms with Gasteiger partial charge in [0.1, 0.15) is 11.4 Å². The van der Waals surface area contributed by atoms with Crippen LogP contribution in [-0.2, 0) is 0 Å². The van der Waals surface area contributed by atoms with E-state index in [0.29, 0.717) is 21.5 Å². The number of benzene rings is 1. The minimum absolute atomic E-state index is 0.214. The van der Waals surface area contributed by atoms with E-state index in [4.69, 9.17) is 27.9 Å². The number of rotatable bonds is 3. The molecule has 0 radical (unpaired) electrons. The van der Waals surface area contributed by atoms with Gasteiger partial charge in [-0.15, -0.1) is 0 Å². The molecule has 1 amide bonds. The van der Waals surface area contributed by atoms with Crippen LogP contribution in [-0.4, -0.2) is 18.0 Å². The van der Waals surface area contributed by atoms with Crippen molar-refractivity contribution in [2.24, 2.45) is 0 Å². The molecule has 0 spiro atoms. The van der Waals surface area contributed by atoms with E-state index in [9.17, 15) is 4.79 Å². The van der Waals surface area contributed by atoms with Gasteiger partial charge in [0, 0.05) is 17.3 Å². The Balaban J connectivity index is 2.23. The van der Waals surface area contributed by atoms with Crippen molar-refractivity contribution in [3.63, 3.8) is 0 Å². The number of hydrogen-bond donors (Lipinski definition) is 1. The summed E-state index contributed by atoms with van der Waals surface area (Å²) >= 11 is 11.8. The zero-order valence-electron chi connectivity index (χ0n) is 9.98. The van der Waals surface area contributed by atoms with E-state index in [1.807, 2.05) is 0 Å². The fourth-order valence-corrected chi connectivity index (χ4v) is 1.77. The predicted octanol–water partition coefficient (Wildman–Crippen LogP) is 3.65. The van der Waals surface area contributed by atoms with Gasteiger partial charge in [-0.05, 0) is 24.3 Å². The number of hydrogen-bond acceptors (Lipinski definition) is 3. The number of halogens is 2. The number of methoxy groups -OCH3 is 1. The molecule has 2 rings (SSSR count). The first-order chi connectivity index (χ1) is 9.10. The van der Waals surface area contributed by atoms with Crippen molar-refractivity contribution < 1.29 is 9.53 Å². The molecule has 0 fully saturated rings. The van der Waals surface area contributed by atoms with E-state index in [0.717, 1.165) is 0 Å². The third kappa shape index (κ3) is 3.36. The number of carbonyl (C=O) groups is 1. The highest BCUT2D eigenvalue weighted by molar-refractivity contribution is 6.34. The van der Waals surface area contributed by atoms with E-state index < -0.39 is 5.91 Å². The van der Waals surface area contributed by atoms with E-state index in [-0.39, 0.29) is 5.69 Å². The highest BCUT2D eigenvalue weighted by Crippen LogP contribution is 2.27. The second-order valence-electron chi connectivity index (χ2n) is 3.66. The number of anilines is 1. The smallest absolute Gasteiger partial charge is 0.274 e. The van der Waals surface area contributed by atoms with Crippen LogP contribution >= 0.6 is 23.2 Å². The molecule has 0 saturated carbocycles. The zero-order chi connectivity index (χ0) is 13.8. The first kappa shape index (κ1) is 13.6. The Morgan fingerprint density at radius 2 is 2.05 bits per heavy atom. The largest absolute Gasteiger partial charge is 0.497 e. The molecule has 4 nitrogen and oxygen atoms in total. The van der Waals surface area contributed by atoms with Crippen LogP contribution in [0.2, 0.25) is 10.0 Å². The first-order valence-electron chi connectivity index (χ1n) is 5.36. The van der Waals surface area contributed by atoms with Gasteiger partial charge < -0.3 is 10.1 Å². The van der Waals surface area contributed by atoms with Crippen molar-refractivity contribution in [2.45, 2.75) is 0 Å². The van der Waals surface area contributed by atoms with Crippen LogP contribution in [0.25, 0.3) is 0 Å². The van der Waals surface area contributed by atoms with E-state index in [2.05, 4.69) is 10.3 Å². The lowest BCUT2D eigenvalue weighted by Gasteiger charge is -2.08. The molecule has 19 heavy (non-hydrogen) atoms. The van der Waals surface area contributed by atoms with Crippen LogP contribution in [0, 0.1) is 0 Å². The summed E-state index contributed by atoms with van der Waals surface area (Å²) in [7, 11) is 1.54. The summed E-state index contributed by atoms with van der Waals surface area (Å²) in [5, 5.41) is 3.51. The van der Waals surface area contributed by atoms with Crippen LogP contribution in [0.3, 0.4) is 0 Å². The van der Waals surface area contributed by atoms with Gasteiger partial charge in [0.2, 0.25) is 0 Å². The maximum Gasteiger partial charge on any atom is 0.274 e.